The van der Waals surface area contributed by atoms with Crippen molar-refractivity contribution in [1.29, 1.82) is 0 Å². The highest BCUT2D eigenvalue weighted by Crippen LogP contribution is 2.26. The Morgan fingerprint density at radius 1 is 0.871 bits per heavy atom. The van der Waals surface area contributed by atoms with E-state index in [1.54, 1.807) is 18.2 Å². The summed E-state index contributed by atoms with van der Waals surface area (Å²) in [7, 11) is 0. The molecule has 6 heteroatoms. The third-order valence-electron chi connectivity index (χ3n) is 5.35. The molecule has 2 aromatic carbocycles. The first-order chi connectivity index (χ1) is 14.8. The summed E-state index contributed by atoms with van der Waals surface area (Å²) >= 11 is 5.26. The van der Waals surface area contributed by atoms with Crippen molar-refractivity contribution in [1.82, 2.24) is 9.88 Å². The van der Waals surface area contributed by atoms with Crippen LogP contribution in [0, 0.1) is 27.7 Å². The Labute approximate surface area is 187 Å². The maximum absolute atomic E-state index is 13.2. The van der Waals surface area contributed by atoms with Crippen LogP contribution in [0.15, 0.2) is 60.2 Å². The summed E-state index contributed by atoms with van der Waals surface area (Å²) in [5.41, 5.74) is 6.87. The minimum Gasteiger partial charge on any atom is -0.318 e. The van der Waals surface area contributed by atoms with Gasteiger partial charge in [0.25, 0.3) is 11.8 Å². The van der Waals surface area contributed by atoms with Gasteiger partial charge in [0.2, 0.25) is 0 Å². The van der Waals surface area contributed by atoms with Gasteiger partial charge in [-0.1, -0.05) is 24.3 Å². The molecule has 4 rings (SSSR count). The first-order valence-electron chi connectivity index (χ1n) is 10.0. The number of anilines is 1. The SMILES string of the molecule is Cc1cc(C)cc(-n2c(C)cc(C=C3C(=O)NC(=S)N(c4ccccc4)C3=O)c2C)c1. The number of nitrogens with one attached hydrogen (secondary N) is 1. The molecule has 0 saturated carbocycles. The molecule has 0 atom stereocenters. The number of aromatic nitrogens is 1. The molecule has 1 aliphatic heterocycles. The Morgan fingerprint density at radius 2 is 1.52 bits per heavy atom. The second kappa shape index (κ2) is 7.96. The van der Waals surface area contributed by atoms with Crippen molar-refractivity contribution in [2.24, 2.45) is 0 Å². The molecule has 5 nitrogen and oxygen atoms in total. The van der Waals surface area contributed by atoms with Gasteiger partial charge in [-0.2, -0.15) is 0 Å². The highest BCUT2D eigenvalue weighted by atomic mass is 32.1. The molecule has 156 valence electrons. The molecule has 1 aliphatic rings. The van der Waals surface area contributed by atoms with Crippen LogP contribution in [0.1, 0.15) is 28.1 Å². The molecular formula is C25H23N3O2S. The van der Waals surface area contributed by atoms with Crippen LogP contribution in [0.25, 0.3) is 11.8 Å². The number of nitrogens with zero attached hydrogens (tertiary/aromatic N) is 2. The largest absolute Gasteiger partial charge is 0.318 e. The maximum atomic E-state index is 13.2. The number of carbonyl (C=O) groups excluding carboxylic acids is 2. The van der Waals surface area contributed by atoms with E-state index in [2.05, 4.69) is 41.9 Å². The van der Waals surface area contributed by atoms with E-state index in [4.69, 9.17) is 12.2 Å². The second-order valence-corrected chi connectivity index (χ2v) is 8.19. The van der Waals surface area contributed by atoms with Crippen molar-refractivity contribution in [2.75, 3.05) is 4.90 Å². The summed E-state index contributed by atoms with van der Waals surface area (Å²) in [5, 5.41) is 2.72. The number of hydrogen-bond acceptors (Lipinski definition) is 3. The van der Waals surface area contributed by atoms with Gasteiger partial charge in [0.1, 0.15) is 5.57 Å². The van der Waals surface area contributed by atoms with Crippen molar-refractivity contribution in [2.45, 2.75) is 27.7 Å². The van der Waals surface area contributed by atoms with Crippen LogP contribution in [0.2, 0.25) is 0 Å². The molecule has 1 aromatic heterocycles. The van der Waals surface area contributed by atoms with Gasteiger partial charge >= 0.3 is 0 Å². The molecule has 0 bridgehead atoms. The molecule has 1 N–H and O–H groups in total. The third kappa shape index (κ3) is 3.82. The van der Waals surface area contributed by atoms with Gasteiger partial charge in [-0.25, -0.2) is 0 Å². The van der Waals surface area contributed by atoms with Gasteiger partial charge in [-0.3, -0.25) is 19.8 Å². The minimum atomic E-state index is -0.488. The lowest BCUT2D eigenvalue weighted by Gasteiger charge is -2.28. The summed E-state index contributed by atoms with van der Waals surface area (Å²) in [5.74, 6) is -0.922. The Balaban J connectivity index is 1.78. The van der Waals surface area contributed by atoms with Gasteiger partial charge in [0.15, 0.2) is 5.11 Å². The highest BCUT2D eigenvalue weighted by molar-refractivity contribution is 7.80. The van der Waals surface area contributed by atoms with Crippen LogP contribution in [0.3, 0.4) is 0 Å². The van der Waals surface area contributed by atoms with E-state index in [9.17, 15) is 9.59 Å². The lowest BCUT2D eigenvalue weighted by atomic mass is 10.1. The van der Waals surface area contributed by atoms with Gasteiger partial charge in [-0.05, 0) is 93.0 Å². The number of aryl methyl sites for hydroxylation is 3. The van der Waals surface area contributed by atoms with Gasteiger partial charge in [-0.15, -0.1) is 0 Å². The summed E-state index contributed by atoms with van der Waals surface area (Å²) < 4.78 is 2.14. The third-order valence-corrected chi connectivity index (χ3v) is 5.64. The van der Waals surface area contributed by atoms with Crippen molar-refractivity contribution >= 4 is 40.9 Å². The molecule has 2 amide bonds. The molecule has 2 heterocycles. The zero-order chi connectivity index (χ0) is 22.3. The number of carbonyl (C=O) groups is 2. The Hall–Kier alpha value is -3.51. The molecule has 31 heavy (non-hydrogen) atoms. The Kier molecular flexibility index (Phi) is 5.33. The van der Waals surface area contributed by atoms with E-state index in [1.807, 2.05) is 38.1 Å². The lowest BCUT2D eigenvalue weighted by molar-refractivity contribution is -0.122. The van der Waals surface area contributed by atoms with Crippen molar-refractivity contribution < 1.29 is 9.59 Å². The summed E-state index contributed by atoms with van der Waals surface area (Å²) in [6.45, 7) is 8.14. The monoisotopic (exact) mass is 429 g/mol. The molecule has 0 unspecified atom stereocenters. The number of para-hydroxylation sites is 1. The summed E-state index contributed by atoms with van der Waals surface area (Å²) in [4.78, 5) is 27.2. The predicted octanol–water partition coefficient (Wildman–Crippen LogP) is 4.54. The molecule has 0 spiro atoms. The average Bonchev–Trinajstić information content (AvgIpc) is 2.98. The topological polar surface area (TPSA) is 54.3 Å². The van der Waals surface area contributed by atoms with Gasteiger partial charge in [0.05, 0.1) is 5.69 Å². The number of amides is 2. The smallest absolute Gasteiger partial charge is 0.270 e. The highest BCUT2D eigenvalue weighted by Gasteiger charge is 2.34. The number of rotatable bonds is 3. The first-order valence-corrected chi connectivity index (χ1v) is 10.4. The Bertz CT molecular complexity index is 1240. The predicted molar refractivity (Wildman–Crippen MR) is 127 cm³/mol. The van der Waals surface area contributed by atoms with E-state index in [0.717, 1.165) is 22.6 Å². The minimum absolute atomic E-state index is 0.0538. The van der Waals surface area contributed by atoms with Crippen molar-refractivity contribution in [3.8, 4) is 5.69 Å². The lowest BCUT2D eigenvalue weighted by Crippen LogP contribution is -2.54. The molecule has 1 saturated heterocycles. The number of benzene rings is 2. The quantitative estimate of drug-likeness (QED) is 0.378. The van der Waals surface area contributed by atoms with Crippen LogP contribution in [-0.2, 0) is 9.59 Å². The van der Waals surface area contributed by atoms with E-state index < -0.39 is 11.8 Å². The molecule has 1 fully saturated rings. The first kappa shape index (κ1) is 20.8. The van der Waals surface area contributed by atoms with Crippen LogP contribution < -0.4 is 10.2 Å². The number of hydrogen-bond donors (Lipinski definition) is 1. The second-order valence-electron chi connectivity index (χ2n) is 7.80. The number of thiocarbonyl (C=S) groups is 1. The van der Waals surface area contributed by atoms with E-state index in [0.29, 0.717) is 5.69 Å². The summed E-state index contributed by atoms with van der Waals surface area (Å²) in [6, 6.07) is 17.4. The standard InChI is InChI=1S/C25H23N3O2S/c1-15-10-16(2)12-21(11-15)27-17(3)13-19(18(27)4)14-22-23(29)26-25(31)28(24(22)30)20-8-6-5-7-9-20/h5-14H,1-4H3,(H,26,29,31). The van der Waals surface area contributed by atoms with Gasteiger partial charge < -0.3 is 4.57 Å². The maximum Gasteiger partial charge on any atom is 0.270 e. The zero-order valence-corrected chi connectivity index (χ0v) is 18.7. The fourth-order valence-corrected chi connectivity index (χ4v) is 4.32. The normalized spacial score (nSPS) is 15.5. The van der Waals surface area contributed by atoms with E-state index in [-0.39, 0.29) is 10.7 Å². The molecule has 0 radical (unpaired) electrons. The molecule has 0 aliphatic carbocycles. The zero-order valence-electron chi connectivity index (χ0n) is 17.9. The summed E-state index contributed by atoms with van der Waals surface area (Å²) in [6.07, 6.45) is 1.65. The van der Waals surface area contributed by atoms with E-state index in [1.165, 1.54) is 16.0 Å². The van der Waals surface area contributed by atoms with Gasteiger partial charge in [0, 0.05) is 17.1 Å². The van der Waals surface area contributed by atoms with Crippen molar-refractivity contribution in [3.63, 3.8) is 0 Å². The average molecular weight is 430 g/mol. The van der Waals surface area contributed by atoms with Crippen LogP contribution in [0.5, 0.6) is 0 Å². The van der Waals surface area contributed by atoms with Crippen LogP contribution in [-0.4, -0.2) is 21.5 Å². The fraction of sp³-hybridized carbons (Fsp3) is 0.160. The molecular weight excluding hydrogens is 406 g/mol. The Morgan fingerprint density at radius 3 is 2.16 bits per heavy atom. The van der Waals surface area contributed by atoms with Crippen LogP contribution in [0.4, 0.5) is 5.69 Å². The van der Waals surface area contributed by atoms with Crippen LogP contribution >= 0.6 is 12.2 Å². The van der Waals surface area contributed by atoms with E-state index >= 15 is 0 Å². The fourth-order valence-electron chi connectivity index (χ4n) is 4.04. The van der Waals surface area contributed by atoms with Crippen molar-refractivity contribution in [3.05, 3.63) is 88.2 Å². The molecule has 3 aromatic rings.